The standard InChI is InChI=1S/C32H32N4O5/c1-21-28(30(38)36(27-12-7-6-8-13-27)41-20-25-11-9-10-14-33-25)18-26(19-34-21)35-29(37)22-15-23(31(39)40-5)17-24(16-22)32(2,3)4/h6-19H,20H2,1-5H3,(H,35,37). The van der Waals surface area contributed by atoms with E-state index in [2.05, 4.69) is 15.3 Å². The Morgan fingerprint density at radius 2 is 1.61 bits per heavy atom. The van der Waals surface area contributed by atoms with E-state index in [1.54, 1.807) is 67.7 Å². The van der Waals surface area contributed by atoms with Gasteiger partial charge in [0.2, 0.25) is 0 Å². The molecule has 4 aromatic rings. The summed E-state index contributed by atoms with van der Waals surface area (Å²) in [5.74, 6) is -1.46. The number of amides is 2. The van der Waals surface area contributed by atoms with Crippen LogP contribution in [-0.4, -0.2) is 34.9 Å². The molecular weight excluding hydrogens is 520 g/mol. The lowest BCUT2D eigenvalue weighted by Crippen LogP contribution is -2.32. The van der Waals surface area contributed by atoms with Crippen molar-refractivity contribution in [2.45, 2.75) is 39.7 Å². The van der Waals surface area contributed by atoms with E-state index in [-0.39, 0.29) is 28.7 Å². The number of carbonyl (C=O) groups is 3. The van der Waals surface area contributed by atoms with Crippen LogP contribution in [0.15, 0.2) is 85.2 Å². The highest BCUT2D eigenvalue weighted by atomic mass is 16.7. The number of nitrogens with zero attached hydrogens (tertiary/aromatic N) is 3. The van der Waals surface area contributed by atoms with Crippen LogP contribution in [0, 0.1) is 6.92 Å². The smallest absolute Gasteiger partial charge is 0.337 e. The molecule has 0 saturated heterocycles. The van der Waals surface area contributed by atoms with E-state index in [1.807, 2.05) is 32.9 Å². The van der Waals surface area contributed by atoms with Gasteiger partial charge >= 0.3 is 5.97 Å². The Balaban J connectivity index is 1.63. The highest BCUT2D eigenvalue weighted by Gasteiger charge is 2.24. The Kier molecular flexibility index (Phi) is 8.89. The summed E-state index contributed by atoms with van der Waals surface area (Å²) in [6.07, 6.45) is 3.12. The van der Waals surface area contributed by atoms with Gasteiger partial charge in [0.25, 0.3) is 11.8 Å². The van der Waals surface area contributed by atoms with E-state index >= 15 is 0 Å². The Morgan fingerprint density at radius 1 is 0.902 bits per heavy atom. The molecule has 2 aromatic carbocycles. The summed E-state index contributed by atoms with van der Waals surface area (Å²) in [4.78, 5) is 53.9. The maximum atomic E-state index is 13.8. The van der Waals surface area contributed by atoms with Gasteiger partial charge in [-0.1, -0.05) is 45.0 Å². The first-order valence-corrected chi connectivity index (χ1v) is 13.0. The Labute approximate surface area is 239 Å². The number of methoxy groups -OCH3 is 1. The number of aryl methyl sites for hydroxylation is 1. The van der Waals surface area contributed by atoms with Crippen LogP contribution in [0.2, 0.25) is 0 Å². The molecule has 0 aliphatic heterocycles. The first-order chi connectivity index (χ1) is 19.6. The van der Waals surface area contributed by atoms with Crippen LogP contribution in [0.4, 0.5) is 11.4 Å². The van der Waals surface area contributed by atoms with Gasteiger partial charge in [0.1, 0.15) is 6.61 Å². The number of hydrogen-bond donors (Lipinski definition) is 1. The molecule has 9 heteroatoms. The van der Waals surface area contributed by atoms with Gasteiger partial charge in [0, 0.05) is 11.8 Å². The van der Waals surface area contributed by atoms with Gasteiger partial charge in [-0.3, -0.25) is 24.4 Å². The van der Waals surface area contributed by atoms with Gasteiger partial charge in [0.15, 0.2) is 0 Å². The summed E-state index contributed by atoms with van der Waals surface area (Å²) >= 11 is 0. The van der Waals surface area contributed by atoms with Gasteiger partial charge in [-0.2, -0.15) is 5.06 Å². The maximum Gasteiger partial charge on any atom is 0.337 e. The van der Waals surface area contributed by atoms with Crippen LogP contribution in [0.1, 0.15) is 68.8 Å². The van der Waals surface area contributed by atoms with Crippen molar-refractivity contribution >= 4 is 29.2 Å². The van der Waals surface area contributed by atoms with Crippen LogP contribution in [0.25, 0.3) is 0 Å². The fourth-order valence-electron chi connectivity index (χ4n) is 3.99. The normalized spacial score (nSPS) is 11.0. The molecule has 0 bridgehead atoms. The molecule has 0 fully saturated rings. The minimum Gasteiger partial charge on any atom is -0.465 e. The van der Waals surface area contributed by atoms with Gasteiger partial charge in [-0.05, 0) is 66.4 Å². The van der Waals surface area contributed by atoms with E-state index in [9.17, 15) is 14.4 Å². The molecule has 2 amide bonds. The number of benzene rings is 2. The molecule has 9 nitrogen and oxygen atoms in total. The van der Waals surface area contributed by atoms with Crippen molar-refractivity contribution in [3.8, 4) is 0 Å². The minimum atomic E-state index is -0.540. The predicted molar refractivity (Wildman–Crippen MR) is 156 cm³/mol. The molecule has 0 aliphatic rings. The first kappa shape index (κ1) is 29.1. The molecule has 0 unspecified atom stereocenters. The summed E-state index contributed by atoms with van der Waals surface area (Å²) in [7, 11) is 1.29. The second-order valence-corrected chi connectivity index (χ2v) is 10.4. The molecule has 4 rings (SSSR count). The third-order valence-corrected chi connectivity index (χ3v) is 6.30. The third-order valence-electron chi connectivity index (χ3n) is 6.30. The number of aromatic nitrogens is 2. The molecule has 0 aliphatic carbocycles. The zero-order valence-electron chi connectivity index (χ0n) is 23.7. The molecule has 1 N–H and O–H groups in total. The number of carbonyl (C=O) groups excluding carboxylic acids is 3. The van der Waals surface area contributed by atoms with Crippen molar-refractivity contribution in [3.05, 3.63) is 119 Å². The SMILES string of the molecule is COC(=O)c1cc(C(=O)Nc2cnc(C)c(C(=O)N(OCc3ccccn3)c3ccccc3)c2)cc(C(C)(C)C)c1. The number of esters is 1. The number of hydroxylamine groups is 1. The summed E-state index contributed by atoms with van der Waals surface area (Å²) < 4.78 is 4.88. The Morgan fingerprint density at radius 3 is 2.27 bits per heavy atom. The number of anilines is 2. The summed E-state index contributed by atoms with van der Waals surface area (Å²) in [6.45, 7) is 7.73. The quantitative estimate of drug-likeness (QED) is 0.214. The first-order valence-electron chi connectivity index (χ1n) is 13.0. The van der Waals surface area contributed by atoms with Crippen LogP contribution < -0.4 is 10.4 Å². The van der Waals surface area contributed by atoms with Crippen LogP contribution >= 0.6 is 0 Å². The number of para-hydroxylation sites is 1. The Bertz CT molecular complexity index is 1550. The highest BCUT2D eigenvalue weighted by molar-refractivity contribution is 6.08. The molecule has 2 heterocycles. The zero-order chi connectivity index (χ0) is 29.6. The van der Waals surface area contributed by atoms with E-state index in [0.29, 0.717) is 22.8 Å². The van der Waals surface area contributed by atoms with Crippen LogP contribution in [0.5, 0.6) is 0 Å². The molecule has 41 heavy (non-hydrogen) atoms. The largest absolute Gasteiger partial charge is 0.465 e. The lowest BCUT2D eigenvalue weighted by molar-refractivity contribution is 0.0588. The molecule has 0 atom stereocenters. The summed E-state index contributed by atoms with van der Waals surface area (Å²) in [6, 6.07) is 20.9. The number of rotatable bonds is 8. The van der Waals surface area contributed by atoms with Crippen molar-refractivity contribution in [2.75, 3.05) is 17.5 Å². The van der Waals surface area contributed by atoms with Gasteiger partial charge in [-0.25, -0.2) is 4.79 Å². The third kappa shape index (κ3) is 7.20. The minimum absolute atomic E-state index is 0.0665. The van der Waals surface area contributed by atoms with E-state index < -0.39 is 17.8 Å². The van der Waals surface area contributed by atoms with Gasteiger partial charge < -0.3 is 10.1 Å². The number of pyridine rings is 2. The number of hydrogen-bond acceptors (Lipinski definition) is 7. The van der Waals surface area contributed by atoms with Gasteiger partial charge in [0.05, 0.1) is 47.2 Å². The molecular formula is C32H32N4O5. The molecule has 0 spiro atoms. The van der Waals surface area contributed by atoms with E-state index in [1.165, 1.54) is 24.4 Å². The van der Waals surface area contributed by atoms with E-state index in [0.717, 1.165) is 5.56 Å². The highest BCUT2D eigenvalue weighted by Crippen LogP contribution is 2.26. The lowest BCUT2D eigenvalue weighted by Gasteiger charge is -2.23. The van der Waals surface area contributed by atoms with Crippen LogP contribution in [-0.2, 0) is 21.6 Å². The van der Waals surface area contributed by atoms with Crippen LogP contribution in [0.3, 0.4) is 0 Å². The molecule has 0 radical (unpaired) electrons. The topological polar surface area (TPSA) is 111 Å². The van der Waals surface area contributed by atoms with Gasteiger partial charge in [-0.15, -0.1) is 0 Å². The predicted octanol–water partition coefficient (Wildman–Crippen LogP) is 5.90. The second-order valence-electron chi connectivity index (χ2n) is 10.4. The number of nitrogens with one attached hydrogen (secondary N) is 1. The lowest BCUT2D eigenvalue weighted by atomic mass is 9.85. The van der Waals surface area contributed by atoms with Crippen molar-refractivity contribution in [1.82, 2.24) is 9.97 Å². The molecule has 210 valence electrons. The van der Waals surface area contributed by atoms with Crippen molar-refractivity contribution in [1.29, 1.82) is 0 Å². The van der Waals surface area contributed by atoms with E-state index in [4.69, 9.17) is 9.57 Å². The number of ether oxygens (including phenoxy) is 1. The van der Waals surface area contributed by atoms with Crippen molar-refractivity contribution in [3.63, 3.8) is 0 Å². The average Bonchev–Trinajstić information content (AvgIpc) is 2.98. The second kappa shape index (κ2) is 12.5. The zero-order valence-corrected chi connectivity index (χ0v) is 23.7. The molecule has 2 aromatic heterocycles. The molecule has 0 saturated carbocycles. The maximum absolute atomic E-state index is 13.8. The summed E-state index contributed by atoms with van der Waals surface area (Å²) in [5.41, 5.74) is 3.21. The van der Waals surface area contributed by atoms with Crippen molar-refractivity contribution in [2.24, 2.45) is 0 Å². The average molecular weight is 553 g/mol. The summed E-state index contributed by atoms with van der Waals surface area (Å²) in [5, 5.41) is 4.00. The fraction of sp³-hybridized carbons (Fsp3) is 0.219. The Hall–Kier alpha value is -4.89. The fourth-order valence-corrected chi connectivity index (χ4v) is 3.99. The van der Waals surface area contributed by atoms with Crippen molar-refractivity contribution < 1.29 is 24.0 Å². The monoisotopic (exact) mass is 552 g/mol.